The van der Waals surface area contributed by atoms with Crippen LogP contribution in [0.1, 0.15) is 39.2 Å². The van der Waals surface area contributed by atoms with Crippen LogP contribution in [0.5, 0.6) is 5.75 Å². The minimum Gasteiger partial charge on any atom is -0.497 e. The lowest BCUT2D eigenvalue weighted by Crippen LogP contribution is -2.35. The van der Waals surface area contributed by atoms with Gasteiger partial charge in [-0.3, -0.25) is 0 Å². The molecule has 3 rings (SSSR count). The Balaban J connectivity index is 1.70. The molecule has 0 bridgehead atoms. The molecule has 1 aromatic rings. The summed E-state index contributed by atoms with van der Waals surface area (Å²) in [7, 11) is 1.68. The highest BCUT2D eigenvalue weighted by Crippen LogP contribution is 2.72. The summed E-state index contributed by atoms with van der Waals surface area (Å²) in [6.07, 6.45) is 4.49. The molecule has 126 valence electrons. The summed E-state index contributed by atoms with van der Waals surface area (Å²) in [5.41, 5.74) is 2.96. The van der Waals surface area contributed by atoms with Crippen molar-refractivity contribution in [3.05, 3.63) is 41.5 Å². The maximum Gasteiger partial charge on any atom is 0.118 e. The van der Waals surface area contributed by atoms with Crippen molar-refractivity contribution in [3.63, 3.8) is 0 Å². The zero-order chi connectivity index (χ0) is 16.7. The molecule has 1 aromatic carbocycles. The van der Waals surface area contributed by atoms with Crippen LogP contribution in [0.15, 0.2) is 35.9 Å². The Morgan fingerprint density at radius 2 is 1.91 bits per heavy atom. The van der Waals surface area contributed by atoms with Crippen LogP contribution >= 0.6 is 0 Å². The van der Waals surface area contributed by atoms with Gasteiger partial charge in [-0.25, -0.2) is 0 Å². The van der Waals surface area contributed by atoms with Crippen LogP contribution in [-0.2, 0) is 11.3 Å². The summed E-state index contributed by atoms with van der Waals surface area (Å²) in [6.45, 7) is 7.74. The van der Waals surface area contributed by atoms with Crippen molar-refractivity contribution in [2.45, 2.75) is 46.3 Å². The molecule has 1 N–H and O–H groups in total. The van der Waals surface area contributed by atoms with Gasteiger partial charge < -0.3 is 14.6 Å². The number of rotatable bonds is 5. The summed E-state index contributed by atoms with van der Waals surface area (Å²) in [5.74, 6) is 1.41. The second-order valence-electron chi connectivity index (χ2n) is 7.73. The fourth-order valence-corrected chi connectivity index (χ4v) is 4.65. The fourth-order valence-electron chi connectivity index (χ4n) is 4.65. The van der Waals surface area contributed by atoms with Crippen molar-refractivity contribution >= 4 is 0 Å². The van der Waals surface area contributed by atoms with Gasteiger partial charge in [0.1, 0.15) is 5.75 Å². The maximum atomic E-state index is 9.32. The van der Waals surface area contributed by atoms with Gasteiger partial charge in [-0.1, -0.05) is 44.6 Å². The average Bonchev–Trinajstić information content (AvgIpc) is 3.15. The van der Waals surface area contributed by atoms with Crippen molar-refractivity contribution in [2.24, 2.45) is 16.7 Å². The largest absolute Gasteiger partial charge is 0.497 e. The minimum atomic E-state index is 0.0942. The highest BCUT2D eigenvalue weighted by molar-refractivity contribution is 5.43. The lowest BCUT2D eigenvalue weighted by molar-refractivity contribution is -0.0470. The van der Waals surface area contributed by atoms with Gasteiger partial charge in [0.2, 0.25) is 0 Å². The first-order valence-electron chi connectivity index (χ1n) is 8.49. The summed E-state index contributed by atoms with van der Waals surface area (Å²) in [6, 6.07) is 8.06. The molecule has 0 heterocycles. The standard InChI is InChI=1S/C20H28O3/c1-19(2)11-9-17(20(3)16(10-12-21)18(19)20)23-13-14-5-7-15(22-4)8-6-14/h5-8,10,17-18,21H,9,11-13H2,1-4H3/b16-10+/t17-,18+,20-/m0/s1. The number of hydrogen-bond donors (Lipinski definition) is 1. The number of aliphatic hydroxyl groups is 1. The van der Waals surface area contributed by atoms with E-state index in [9.17, 15) is 5.11 Å². The SMILES string of the molecule is COc1ccc(CO[C@H]2CCC(C)(C)[C@H]3/C(=C\CO)[C@@]23C)cc1. The van der Waals surface area contributed by atoms with Gasteiger partial charge in [0.25, 0.3) is 0 Å². The first kappa shape index (κ1) is 16.5. The summed E-state index contributed by atoms with van der Waals surface area (Å²) in [5, 5.41) is 9.32. The lowest BCUT2D eigenvalue weighted by Gasteiger charge is -2.37. The molecule has 0 amide bonds. The van der Waals surface area contributed by atoms with E-state index in [-0.39, 0.29) is 18.1 Å². The zero-order valence-corrected chi connectivity index (χ0v) is 14.6. The molecule has 2 fully saturated rings. The molecule has 0 saturated heterocycles. The van der Waals surface area contributed by atoms with Crippen LogP contribution in [0, 0.1) is 16.7 Å². The number of aliphatic hydroxyl groups excluding tert-OH is 1. The summed E-state index contributed by atoms with van der Waals surface area (Å²) < 4.78 is 11.5. The van der Waals surface area contributed by atoms with E-state index in [0.29, 0.717) is 17.9 Å². The van der Waals surface area contributed by atoms with E-state index in [1.165, 1.54) is 17.6 Å². The highest BCUT2D eigenvalue weighted by Gasteiger charge is 2.68. The Hall–Kier alpha value is -1.32. The van der Waals surface area contributed by atoms with Crippen molar-refractivity contribution in [3.8, 4) is 5.75 Å². The van der Waals surface area contributed by atoms with E-state index >= 15 is 0 Å². The normalized spacial score (nSPS) is 33.3. The molecule has 0 radical (unpaired) electrons. The monoisotopic (exact) mass is 316 g/mol. The number of methoxy groups -OCH3 is 1. The molecule has 0 unspecified atom stereocenters. The highest BCUT2D eigenvalue weighted by atomic mass is 16.5. The van der Waals surface area contributed by atoms with Gasteiger partial charge in [0.05, 0.1) is 26.4 Å². The maximum absolute atomic E-state index is 9.32. The lowest BCUT2D eigenvalue weighted by atomic mass is 9.71. The van der Waals surface area contributed by atoms with Crippen LogP contribution in [0.3, 0.4) is 0 Å². The van der Waals surface area contributed by atoms with Crippen LogP contribution < -0.4 is 4.74 Å². The van der Waals surface area contributed by atoms with Crippen LogP contribution in [0.2, 0.25) is 0 Å². The molecule has 3 heteroatoms. The molecule has 0 aromatic heterocycles. The zero-order valence-electron chi connectivity index (χ0n) is 14.6. The van der Waals surface area contributed by atoms with Gasteiger partial charge in [-0.05, 0) is 41.9 Å². The van der Waals surface area contributed by atoms with E-state index in [4.69, 9.17) is 9.47 Å². The fraction of sp³-hybridized carbons (Fsp3) is 0.600. The molecule has 3 nitrogen and oxygen atoms in total. The van der Waals surface area contributed by atoms with Crippen molar-refractivity contribution < 1.29 is 14.6 Å². The first-order valence-corrected chi connectivity index (χ1v) is 8.49. The molecule has 0 spiro atoms. The van der Waals surface area contributed by atoms with E-state index in [2.05, 4.69) is 32.9 Å². The Kier molecular flexibility index (Phi) is 4.28. The predicted molar refractivity (Wildman–Crippen MR) is 91.4 cm³/mol. The second-order valence-corrected chi connectivity index (χ2v) is 7.73. The van der Waals surface area contributed by atoms with Crippen LogP contribution in [0.4, 0.5) is 0 Å². The van der Waals surface area contributed by atoms with Gasteiger partial charge in [0, 0.05) is 5.41 Å². The Bertz CT molecular complexity index is 587. The third-order valence-corrected chi connectivity index (χ3v) is 5.87. The second kappa shape index (κ2) is 5.95. The van der Waals surface area contributed by atoms with Gasteiger partial charge in [-0.2, -0.15) is 0 Å². The van der Waals surface area contributed by atoms with Crippen molar-refractivity contribution in [2.75, 3.05) is 13.7 Å². The van der Waals surface area contributed by atoms with Crippen molar-refractivity contribution in [1.29, 1.82) is 0 Å². The summed E-state index contributed by atoms with van der Waals surface area (Å²) in [4.78, 5) is 0. The molecule has 2 aliphatic rings. The van der Waals surface area contributed by atoms with Gasteiger partial charge in [0.15, 0.2) is 0 Å². The molecule has 2 aliphatic carbocycles. The smallest absolute Gasteiger partial charge is 0.118 e. The van der Waals surface area contributed by atoms with E-state index in [0.717, 1.165) is 12.2 Å². The molecule has 23 heavy (non-hydrogen) atoms. The third kappa shape index (κ3) is 2.81. The first-order chi connectivity index (χ1) is 10.9. The number of hydrogen-bond acceptors (Lipinski definition) is 3. The Morgan fingerprint density at radius 3 is 2.52 bits per heavy atom. The Morgan fingerprint density at radius 1 is 1.22 bits per heavy atom. The van der Waals surface area contributed by atoms with E-state index in [1.807, 2.05) is 18.2 Å². The van der Waals surface area contributed by atoms with Crippen LogP contribution in [-0.4, -0.2) is 24.9 Å². The molecule has 0 aliphatic heterocycles. The predicted octanol–water partition coefficient (Wildman–Crippen LogP) is 3.96. The topological polar surface area (TPSA) is 38.7 Å². The molecular weight excluding hydrogens is 288 g/mol. The van der Waals surface area contributed by atoms with Crippen LogP contribution in [0.25, 0.3) is 0 Å². The van der Waals surface area contributed by atoms with Gasteiger partial charge in [-0.15, -0.1) is 0 Å². The molecular formula is C20H28O3. The van der Waals surface area contributed by atoms with E-state index in [1.54, 1.807) is 7.11 Å². The Labute approximate surface area is 139 Å². The third-order valence-electron chi connectivity index (χ3n) is 5.87. The number of ether oxygens (including phenoxy) is 2. The molecule has 3 atom stereocenters. The minimum absolute atomic E-state index is 0.0942. The van der Waals surface area contributed by atoms with Crippen molar-refractivity contribution in [1.82, 2.24) is 0 Å². The quantitative estimate of drug-likeness (QED) is 0.836. The van der Waals surface area contributed by atoms with Gasteiger partial charge >= 0.3 is 0 Å². The summed E-state index contributed by atoms with van der Waals surface area (Å²) >= 11 is 0. The molecule has 2 saturated carbocycles. The average molecular weight is 316 g/mol. The number of benzene rings is 1. The van der Waals surface area contributed by atoms with E-state index < -0.39 is 0 Å². The number of fused-ring (bicyclic) bond motifs is 1.